The van der Waals surface area contributed by atoms with E-state index in [1.54, 1.807) is 26.2 Å². The first-order valence-corrected chi connectivity index (χ1v) is 7.36. The second kappa shape index (κ2) is 5.46. The minimum atomic E-state index is -0.435. The number of aryl methyl sites for hydroxylation is 3. The first-order chi connectivity index (χ1) is 10.9. The van der Waals surface area contributed by atoms with E-state index in [1.165, 1.54) is 10.6 Å². The van der Waals surface area contributed by atoms with Gasteiger partial charge in [-0.1, -0.05) is 6.07 Å². The monoisotopic (exact) mass is 312 g/mol. The molecule has 0 saturated heterocycles. The van der Waals surface area contributed by atoms with Gasteiger partial charge in [-0.3, -0.25) is 19.7 Å². The molecule has 0 spiro atoms. The number of hydrogen-bond acceptors (Lipinski definition) is 4. The van der Waals surface area contributed by atoms with Gasteiger partial charge in [0.2, 0.25) is 0 Å². The average molecular weight is 312 g/mol. The molecule has 0 fully saturated rings. The van der Waals surface area contributed by atoms with Gasteiger partial charge in [0.1, 0.15) is 5.78 Å². The SMILES string of the molecule is Cc1cc(-c2cc3c(c([N+](=O)[O-])c2)CC(=O)CC3)cn(C)c1=O. The third-order valence-electron chi connectivity index (χ3n) is 4.26. The molecular formula is C17H16N2O4. The molecule has 0 atom stereocenters. The normalized spacial score (nSPS) is 13.7. The van der Waals surface area contributed by atoms with Gasteiger partial charge in [0.05, 0.1) is 4.92 Å². The van der Waals surface area contributed by atoms with E-state index in [0.717, 1.165) is 11.1 Å². The van der Waals surface area contributed by atoms with Gasteiger partial charge in [-0.05, 0) is 36.1 Å². The zero-order chi connectivity index (χ0) is 16.7. The number of nitro benzene ring substituents is 1. The van der Waals surface area contributed by atoms with Crippen LogP contribution in [0.1, 0.15) is 23.1 Å². The summed E-state index contributed by atoms with van der Waals surface area (Å²) in [5.41, 5.74) is 3.30. The van der Waals surface area contributed by atoms with Crippen LogP contribution in [0.25, 0.3) is 11.1 Å². The minimum Gasteiger partial charge on any atom is -0.318 e. The van der Waals surface area contributed by atoms with Gasteiger partial charge < -0.3 is 4.57 Å². The Kier molecular flexibility index (Phi) is 3.60. The van der Waals surface area contributed by atoms with Gasteiger partial charge in [0.15, 0.2) is 0 Å². The first kappa shape index (κ1) is 15.1. The van der Waals surface area contributed by atoms with Crippen molar-refractivity contribution in [3.05, 3.63) is 61.6 Å². The molecule has 2 aromatic rings. The lowest BCUT2D eigenvalue weighted by Gasteiger charge is -2.17. The average Bonchev–Trinajstić information content (AvgIpc) is 2.50. The molecule has 1 aromatic heterocycles. The summed E-state index contributed by atoms with van der Waals surface area (Å²) in [6, 6.07) is 5.13. The van der Waals surface area contributed by atoms with E-state index in [2.05, 4.69) is 0 Å². The number of benzene rings is 1. The predicted molar refractivity (Wildman–Crippen MR) is 85.5 cm³/mol. The van der Waals surface area contributed by atoms with Crippen molar-refractivity contribution in [3.8, 4) is 11.1 Å². The minimum absolute atomic E-state index is 0.0166. The van der Waals surface area contributed by atoms with E-state index in [1.807, 2.05) is 6.07 Å². The molecule has 1 aliphatic rings. The summed E-state index contributed by atoms with van der Waals surface area (Å²) in [5, 5.41) is 11.4. The van der Waals surface area contributed by atoms with Gasteiger partial charge in [-0.2, -0.15) is 0 Å². The maximum absolute atomic E-state index is 11.8. The van der Waals surface area contributed by atoms with E-state index in [9.17, 15) is 19.7 Å². The van der Waals surface area contributed by atoms with Crippen molar-refractivity contribution in [1.29, 1.82) is 0 Å². The molecule has 0 unspecified atom stereocenters. The standard InChI is InChI=1S/C17H16N2O4/c1-10-5-13(9-18(2)17(10)21)12-6-11-3-4-14(20)8-15(11)16(7-12)19(22)23/h5-7,9H,3-4,8H2,1-2H3. The number of aromatic nitrogens is 1. The molecule has 6 nitrogen and oxygen atoms in total. The van der Waals surface area contributed by atoms with E-state index >= 15 is 0 Å². The summed E-state index contributed by atoms with van der Waals surface area (Å²) in [4.78, 5) is 34.4. The number of hydrogen-bond donors (Lipinski definition) is 0. The zero-order valence-corrected chi connectivity index (χ0v) is 13.0. The van der Waals surface area contributed by atoms with Gasteiger partial charge in [0.25, 0.3) is 11.2 Å². The van der Waals surface area contributed by atoms with Crippen LogP contribution >= 0.6 is 0 Å². The highest BCUT2D eigenvalue weighted by Crippen LogP contribution is 2.33. The van der Waals surface area contributed by atoms with Crippen molar-refractivity contribution < 1.29 is 9.72 Å². The molecule has 3 rings (SSSR count). The van der Waals surface area contributed by atoms with Crippen molar-refractivity contribution in [2.75, 3.05) is 0 Å². The van der Waals surface area contributed by atoms with E-state index in [4.69, 9.17) is 0 Å². The van der Waals surface area contributed by atoms with Gasteiger partial charge in [-0.25, -0.2) is 0 Å². The summed E-state index contributed by atoms with van der Waals surface area (Å²) in [6.07, 6.45) is 2.74. The number of fused-ring (bicyclic) bond motifs is 1. The maximum atomic E-state index is 11.8. The summed E-state index contributed by atoms with van der Waals surface area (Å²) in [5.74, 6) is 0.0336. The van der Waals surface area contributed by atoms with Crippen LogP contribution in [0.4, 0.5) is 5.69 Å². The first-order valence-electron chi connectivity index (χ1n) is 7.36. The Morgan fingerprint density at radius 2 is 1.87 bits per heavy atom. The molecule has 0 aliphatic heterocycles. The highest BCUT2D eigenvalue weighted by Gasteiger charge is 2.25. The largest absolute Gasteiger partial charge is 0.318 e. The Morgan fingerprint density at radius 3 is 2.52 bits per heavy atom. The van der Waals surface area contributed by atoms with Crippen molar-refractivity contribution in [2.45, 2.75) is 26.2 Å². The number of rotatable bonds is 2. The predicted octanol–water partition coefficient (Wildman–Crippen LogP) is 2.33. The molecule has 1 aromatic carbocycles. The Hall–Kier alpha value is -2.76. The number of carbonyl (C=O) groups is 1. The molecule has 0 saturated carbocycles. The van der Waals surface area contributed by atoms with Crippen LogP contribution in [0.15, 0.2) is 29.2 Å². The molecule has 118 valence electrons. The van der Waals surface area contributed by atoms with Crippen molar-refractivity contribution in [1.82, 2.24) is 4.57 Å². The maximum Gasteiger partial charge on any atom is 0.273 e. The molecule has 0 radical (unpaired) electrons. The quantitative estimate of drug-likeness (QED) is 0.629. The van der Waals surface area contributed by atoms with Crippen LogP contribution < -0.4 is 5.56 Å². The molecule has 0 N–H and O–H groups in total. The highest BCUT2D eigenvalue weighted by molar-refractivity contribution is 5.85. The van der Waals surface area contributed by atoms with Gasteiger partial charge in [0, 0.05) is 43.3 Å². The third-order valence-corrected chi connectivity index (χ3v) is 4.26. The number of nitro groups is 1. The van der Waals surface area contributed by atoms with Crippen LogP contribution in [0.2, 0.25) is 0 Å². The lowest BCUT2D eigenvalue weighted by molar-refractivity contribution is -0.385. The lowest BCUT2D eigenvalue weighted by atomic mass is 9.87. The van der Waals surface area contributed by atoms with E-state index in [-0.39, 0.29) is 23.5 Å². The second-order valence-electron chi connectivity index (χ2n) is 5.93. The molecule has 1 heterocycles. The lowest BCUT2D eigenvalue weighted by Crippen LogP contribution is -2.18. The molecule has 0 amide bonds. The van der Waals surface area contributed by atoms with Gasteiger partial charge in [-0.15, -0.1) is 0 Å². The Labute approximate surface area is 132 Å². The molecule has 6 heteroatoms. The molecule has 0 bridgehead atoms. The van der Waals surface area contributed by atoms with E-state index in [0.29, 0.717) is 29.5 Å². The second-order valence-corrected chi connectivity index (χ2v) is 5.93. The molecule has 1 aliphatic carbocycles. The fourth-order valence-electron chi connectivity index (χ4n) is 3.07. The van der Waals surface area contributed by atoms with Gasteiger partial charge >= 0.3 is 0 Å². The molecular weight excluding hydrogens is 296 g/mol. The highest BCUT2D eigenvalue weighted by atomic mass is 16.6. The molecule has 23 heavy (non-hydrogen) atoms. The number of nitrogens with zero attached hydrogens (tertiary/aromatic N) is 2. The number of pyridine rings is 1. The third kappa shape index (κ3) is 2.67. The summed E-state index contributed by atoms with van der Waals surface area (Å²) >= 11 is 0. The zero-order valence-electron chi connectivity index (χ0n) is 13.0. The van der Waals surface area contributed by atoms with Crippen LogP contribution in [0.3, 0.4) is 0 Å². The fraction of sp³-hybridized carbons (Fsp3) is 0.294. The van der Waals surface area contributed by atoms with Crippen LogP contribution in [-0.4, -0.2) is 15.3 Å². The summed E-state index contributed by atoms with van der Waals surface area (Å²) in [7, 11) is 1.66. The smallest absolute Gasteiger partial charge is 0.273 e. The summed E-state index contributed by atoms with van der Waals surface area (Å²) in [6.45, 7) is 1.72. The number of carbonyl (C=O) groups excluding carboxylic acids is 1. The van der Waals surface area contributed by atoms with Crippen molar-refractivity contribution in [2.24, 2.45) is 7.05 Å². The van der Waals surface area contributed by atoms with Crippen LogP contribution in [0.5, 0.6) is 0 Å². The van der Waals surface area contributed by atoms with Crippen LogP contribution in [0, 0.1) is 17.0 Å². The Morgan fingerprint density at radius 1 is 1.13 bits per heavy atom. The number of Topliss-reactive ketones (excluding diaryl/α,β-unsaturated/α-hetero) is 1. The Balaban J connectivity index is 2.22. The summed E-state index contributed by atoms with van der Waals surface area (Å²) < 4.78 is 1.47. The van der Waals surface area contributed by atoms with Crippen molar-refractivity contribution in [3.63, 3.8) is 0 Å². The van der Waals surface area contributed by atoms with Crippen LogP contribution in [-0.2, 0) is 24.7 Å². The Bertz CT molecular complexity index is 870. The number of ketones is 1. The van der Waals surface area contributed by atoms with E-state index < -0.39 is 4.92 Å². The fourth-order valence-corrected chi connectivity index (χ4v) is 3.07. The topological polar surface area (TPSA) is 82.2 Å². The van der Waals surface area contributed by atoms with Crippen molar-refractivity contribution >= 4 is 11.5 Å².